The van der Waals surface area contributed by atoms with Gasteiger partial charge in [-0.15, -0.1) is 0 Å². The molecule has 0 radical (unpaired) electrons. The number of esters is 1. The average molecular weight is 247 g/mol. The van der Waals surface area contributed by atoms with E-state index < -0.39 is 0 Å². The van der Waals surface area contributed by atoms with E-state index in [1.807, 2.05) is 30.3 Å². The lowest BCUT2D eigenvalue weighted by Crippen LogP contribution is -2.43. The summed E-state index contributed by atoms with van der Waals surface area (Å²) in [5.74, 6) is -0.290. The van der Waals surface area contributed by atoms with E-state index in [0.29, 0.717) is 0 Å². The lowest BCUT2D eigenvalue weighted by molar-refractivity contribution is -0.144. The van der Waals surface area contributed by atoms with E-state index >= 15 is 0 Å². The minimum Gasteiger partial charge on any atom is -0.469 e. The Morgan fingerprint density at radius 1 is 1.33 bits per heavy atom. The molecule has 0 N–H and O–H groups in total. The number of hydrogen-bond donors (Lipinski definition) is 0. The fourth-order valence-electron chi connectivity index (χ4n) is 2.82. The van der Waals surface area contributed by atoms with Crippen molar-refractivity contribution in [3.05, 3.63) is 35.9 Å². The highest BCUT2D eigenvalue weighted by molar-refractivity contribution is 5.79. The Labute approximate surface area is 109 Å². The maximum Gasteiger partial charge on any atom is 0.314 e. The third-order valence-corrected chi connectivity index (χ3v) is 3.83. The Bertz CT molecular complexity index is 391. The highest BCUT2D eigenvalue weighted by Gasteiger charge is 2.34. The third-order valence-electron chi connectivity index (χ3n) is 3.83. The molecule has 1 aliphatic heterocycles. The second-order valence-corrected chi connectivity index (χ2v) is 4.96. The van der Waals surface area contributed by atoms with E-state index in [9.17, 15) is 4.79 Å². The molecule has 2 rings (SSSR count). The van der Waals surface area contributed by atoms with Crippen LogP contribution in [0, 0.1) is 0 Å². The van der Waals surface area contributed by atoms with Crippen LogP contribution in [0.5, 0.6) is 0 Å². The van der Waals surface area contributed by atoms with Crippen molar-refractivity contribution in [1.29, 1.82) is 0 Å². The fraction of sp³-hybridized carbons (Fsp3) is 0.533. The van der Waals surface area contributed by atoms with Gasteiger partial charge in [0, 0.05) is 6.04 Å². The summed E-state index contributed by atoms with van der Waals surface area (Å²) in [6.45, 7) is 1.06. The number of carbonyl (C=O) groups excluding carboxylic acids is 1. The summed E-state index contributed by atoms with van der Waals surface area (Å²) in [5, 5.41) is 0. The molecule has 98 valence electrons. The summed E-state index contributed by atoms with van der Waals surface area (Å²) in [6, 6.07) is 10.2. The smallest absolute Gasteiger partial charge is 0.314 e. The van der Waals surface area contributed by atoms with Crippen LogP contribution in [0.25, 0.3) is 0 Å². The summed E-state index contributed by atoms with van der Waals surface area (Å²) in [6.07, 6.45) is 3.47. The van der Waals surface area contributed by atoms with Gasteiger partial charge < -0.3 is 9.64 Å². The molecule has 0 saturated carbocycles. The Kier molecular flexibility index (Phi) is 4.37. The number of methoxy groups -OCH3 is 1. The van der Waals surface area contributed by atoms with Gasteiger partial charge in [-0.2, -0.15) is 0 Å². The molecule has 0 unspecified atom stereocenters. The SMILES string of the molecule is COC(=O)[C@@H](c1ccccc1)[C@H]1CCCCN1C. The summed E-state index contributed by atoms with van der Waals surface area (Å²) in [7, 11) is 3.57. The minimum atomic E-state index is -0.165. The van der Waals surface area contributed by atoms with Gasteiger partial charge in [-0.1, -0.05) is 36.8 Å². The van der Waals surface area contributed by atoms with Crippen molar-refractivity contribution < 1.29 is 9.53 Å². The summed E-state index contributed by atoms with van der Waals surface area (Å²) in [5.41, 5.74) is 1.06. The van der Waals surface area contributed by atoms with Crippen LogP contribution in [0.3, 0.4) is 0 Å². The van der Waals surface area contributed by atoms with Crippen LogP contribution in [0.15, 0.2) is 30.3 Å². The first-order valence-corrected chi connectivity index (χ1v) is 6.57. The van der Waals surface area contributed by atoms with E-state index in [1.165, 1.54) is 20.0 Å². The third kappa shape index (κ3) is 2.72. The Morgan fingerprint density at radius 3 is 2.67 bits per heavy atom. The molecule has 0 aliphatic carbocycles. The van der Waals surface area contributed by atoms with Crippen molar-refractivity contribution >= 4 is 5.97 Å². The Morgan fingerprint density at radius 2 is 2.06 bits per heavy atom. The summed E-state index contributed by atoms with van der Waals surface area (Å²) < 4.78 is 5.00. The predicted octanol–water partition coefficient (Wildman–Crippen LogP) is 2.43. The molecule has 0 aromatic heterocycles. The molecule has 1 fully saturated rings. The van der Waals surface area contributed by atoms with Crippen molar-refractivity contribution in [2.45, 2.75) is 31.2 Å². The second kappa shape index (κ2) is 6.01. The first-order valence-electron chi connectivity index (χ1n) is 6.57. The molecular formula is C15H21NO2. The van der Waals surface area contributed by atoms with Gasteiger partial charge in [0.25, 0.3) is 0 Å². The highest BCUT2D eigenvalue weighted by atomic mass is 16.5. The number of rotatable bonds is 3. The minimum absolute atomic E-state index is 0.125. The molecule has 0 bridgehead atoms. The molecule has 0 spiro atoms. The largest absolute Gasteiger partial charge is 0.469 e. The molecule has 1 saturated heterocycles. The van der Waals surface area contributed by atoms with Crippen LogP contribution >= 0.6 is 0 Å². The van der Waals surface area contributed by atoms with Gasteiger partial charge in [-0.05, 0) is 32.0 Å². The van der Waals surface area contributed by atoms with Gasteiger partial charge in [0.2, 0.25) is 0 Å². The lowest BCUT2D eigenvalue weighted by atomic mass is 9.85. The predicted molar refractivity (Wildman–Crippen MR) is 71.5 cm³/mol. The van der Waals surface area contributed by atoms with E-state index in [2.05, 4.69) is 11.9 Å². The first-order chi connectivity index (χ1) is 8.74. The number of nitrogens with zero attached hydrogens (tertiary/aromatic N) is 1. The topological polar surface area (TPSA) is 29.5 Å². The Balaban J connectivity index is 2.27. The standard InChI is InChI=1S/C15H21NO2/c1-16-11-7-6-10-13(16)14(15(17)18-2)12-8-4-3-5-9-12/h3-5,8-9,13-14H,6-7,10-11H2,1-2H3/t13-,14+/m1/s1. The van der Waals surface area contributed by atoms with Crippen molar-refractivity contribution in [2.75, 3.05) is 20.7 Å². The van der Waals surface area contributed by atoms with E-state index in [1.54, 1.807) is 0 Å². The van der Waals surface area contributed by atoms with Gasteiger partial charge in [-0.3, -0.25) is 4.79 Å². The number of hydrogen-bond acceptors (Lipinski definition) is 3. The quantitative estimate of drug-likeness (QED) is 0.768. The molecule has 1 heterocycles. The number of piperidine rings is 1. The van der Waals surface area contributed by atoms with E-state index in [-0.39, 0.29) is 17.9 Å². The maximum atomic E-state index is 12.1. The zero-order chi connectivity index (χ0) is 13.0. The van der Waals surface area contributed by atoms with Crippen LogP contribution in [0.2, 0.25) is 0 Å². The molecule has 3 heteroatoms. The van der Waals surface area contributed by atoms with Gasteiger partial charge in [0.05, 0.1) is 13.0 Å². The second-order valence-electron chi connectivity index (χ2n) is 4.96. The molecule has 2 atom stereocenters. The van der Waals surface area contributed by atoms with Crippen LogP contribution in [0.4, 0.5) is 0 Å². The van der Waals surface area contributed by atoms with Crippen LogP contribution in [-0.4, -0.2) is 37.6 Å². The number of carbonyl (C=O) groups is 1. The molecule has 1 aliphatic rings. The molecular weight excluding hydrogens is 226 g/mol. The average Bonchev–Trinajstić information content (AvgIpc) is 2.42. The van der Waals surface area contributed by atoms with E-state index in [4.69, 9.17) is 4.74 Å². The molecule has 1 aromatic rings. The van der Waals surface area contributed by atoms with Crippen molar-refractivity contribution in [3.63, 3.8) is 0 Å². The normalized spacial score (nSPS) is 22.4. The lowest BCUT2D eigenvalue weighted by Gasteiger charge is -2.37. The zero-order valence-corrected chi connectivity index (χ0v) is 11.1. The van der Waals surface area contributed by atoms with Gasteiger partial charge in [0.1, 0.15) is 0 Å². The number of likely N-dealkylation sites (N-methyl/N-ethyl adjacent to an activating group) is 1. The first kappa shape index (κ1) is 13.1. The van der Waals surface area contributed by atoms with Gasteiger partial charge in [0.15, 0.2) is 0 Å². The number of benzene rings is 1. The van der Waals surface area contributed by atoms with Crippen LogP contribution in [-0.2, 0) is 9.53 Å². The number of likely N-dealkylation sites (tertiary alicyclic amines) is 1. The fourth-order valence-corrected chi connectivity index (χ4v) is 2.82. The molecule has 18 heavy (non-hydrogen) atoms. The highest BCUT2D eigenvalue weighted by Crippen LogP contribution is 2.30. The number of ether oxygens (including phenoxy) is 1. The molecule has 0 amide bonds. The maximum absolute atomic E-state index is 12.1. The zero-order valence-electron chi connectivity index (χ0n) is 11.1. The molecule has 3 nitrogen and oxygen atoms in total. The van der Waals surface area contributed by atoms with E-state index in [0.717, 1.165) is 18.5 Å². The van der Waals surface area contributed by atoms with Gasteiger partial charge in [-0.25, -0.2) is 0 Å². The van der Waals surface area contributed by atoms with Gasteiger partial charge >= 0.3 is 5.97 Å². The van der Waals surface area contributed by atoms with Crippen molar-refractivity contribution in [2.24, 2.45) is 0 Å². The Hall–Kier alpha value is -1.35. The monoisotopic (exact) mass is 247 g/mol. The van der Waals surface area contributed by atoms with Crippen molar-refractivity contribution in [3.8, 4) is 0 Å². The summed E-state index contributed by atoms with van der Waals surface area (Å²) in [4.78, 5) is 14.4. The molecule has 1 aromatic carbocycles. The van der Waals surface area contributed by atoms with Crippen LogP contribution in [0.1, 0.15) is 30.7 Å². The van der Waals surface area contributed by atoms with Crippen molar-refractivity contribution in [1.82, 2.24) is 4.90 Å². The summed E-state index contributed by atoms with van der Waals surface area (Å²) >= 11 is 0. The van der Waals surface area contributed by atoms with Crippen LogP contribution < -0.4 is 0 Å².